The summed E-state index contributed by atoms with van der Waals surface area (Å²) in [6, 6.07) is 4.08. The van der Waals surface area contributed by atoms with Gasteiger partial charge in [0.1, 0.15) is 5.75 Å². The van der Waals surface area contributed by atoms with Crippen molar-refractivity contribution in [3.05, 3.63) is 23.8 Å². The largest absolute Gasteiger partial charge is 0.496 e. The van der Waals surface area contributed by atoms with E-state index in [2.05, 4.69) is 5.32 Å². The fourth-order valence-electron chi connectivity index (χ4n) is 3.48. The molecule has 11 heteroatoms. The Bertz CT molecular complexity index is 951. The number of hydrogen-bond donors (Lipinski definition) is 1. The number of hydrogen-bond acceptors (Lipinski definition) is 6. The molecule has 1 aromatic rings. The van der Waals surface area contributed by atoms with Crippen molar-refractivity contribution in [1.29, 1.82) is 0 Å². The SMILES string of the molecule is CCN(CC)S(=O)(=O)c1ccc(OC)c(C(=O)N2CCN(C(=O)C(=O)NC(C)C)CC2)c1. The minimum Gasteiger partial charge on any atom is -0.496 e. The molecule has 1 saturated heterocycles. The first-order chi connectivity index (χ1) is 15.1. The molecule has 178 valence electrons. The molecule has 1 aliphatic heterocycles. The first kappa shape index (κ1) is 25.6. The molecule has 2 rings (SSSR count). The Balaban J connectivity index is 2.20. The van der Waals surface area contributed by atoms with E-state index in [1.165, 1.54) is 39.4 Å². The van der Waals surface area contributed by atoms with E-state index in [1.54, 1.807) is 27.7 Å². The average molecular weight is 469 g/mol. The number of carbonyl (C=O) groups excluding carboxylic acids is 3. The lowest BCUT2D eigenvalue weighted by atomic mass is 10.1. The van der Waals surface area contributed by atoms with E-state index < -0.39 is 27.7 Å². The van der Waals surface area contributed by atoms with Gasteiger partial charge in [-0.1, -0.05) is 13.8 Å². The quantitative estimate of drug-likeness (QED) is 0.584. The fraction of sp³-hybridized carbons (Fsp3) is 0.571. The maximum absolute atomic E-state index is 13.2. The van der Waals surface area contributed by atoms with Crippen LogP contribution in [0.15, 0.2) is 23.1 Å². The second-order valence-electron chi connectivity index (χ2n) is 7.66. The van der Waals surface area contributed by atoms with Gasteiger partial charge in [-0.3, -0.25) is 14.4 Å². The molecule has 1 aliphatic rings. The van der Waals surface area contributed by atoms with Crippen LogP contribution in [0, 0.1) is 0 Å². The molecular formula is C21H32N4O6S. The molecule has 0 spiro atoms. The van der Waals surface area contributed by atoms with Crippen LogP contribution in [-0.2, 0) is 19.6 Å². The van der Waals surface area contributed by atoms with Gasteiger partial charge in [0, 0.05) is 45.3 Å². The zero-order chi connectivity index (χ0) is 24.1. The summed E-state index contributed by atoms with van der Waals surface area (Å²) in [5.74, 6) is -1.42. The van der Waals surface area contributed by atoms with E-state index in [-0.39, 0.29) is 48.4 Å². The van der Waals surface area contributed by atoms with Gasteiger partial charge in [-0.25, -0.2) is 8.42 Å². The average Bonchev–Trinajstić information content (AvgIpc) is 2.77. The van der Waals surface area contributed by atoms with Crippen LogP contribution in [0.4, 0.5) is 0 Å². The van der Waals surface area contributed by atoms with E-state index in [0.29, 0.717) is 13.1 Å². The van der Waals surface area contributed by atoms with Gasteiger partial charge in [0.05, 0.1) is 17.6 Å². The summed E-state index contributed by atoms with van der Waals surface area (Å²) in [6.45, 7) is 8.51. The van der Waals surface area contributed by atoms with E-state index >= 15 is 0 Å². The number of nitrogens with zero attached hydrogens (tertiary/aromatic N) is 3. The number of benzene rings is 1. The fourth-order valence-corrected chi connectivity index (χ4v) is 4.96. The summed E-state index contributed by atoms with van der Waals surface area (Å²) in [7, 11) is -2.33. The number of nitrogens with one attached hydrogen (secondary N) is 1. The monoisotopic (exact) mass is 468 g/mol. The molecule has 0 saturated carbocycles. The summed E-state index contributed by atoms with van der Waals surface area (Å²) in [5, 5.41) is 2.57. The molecule has 32 heavy (non-hydrogen) atoms. The van der Waals surface area contributed by atoms with Crippen LogP contribution < -0.4 is 10.1 Å². The van der Waals surface area contributed by atoms with Crippen molar-refractivity contribution in [2.75, 3.05) is 46.4 Å². The Morgan fingerprint density at radius 3 is 2.12 bits per heavy atom. The number of methoxy groups -OCH3 is 1. The molecule has 0 aromatic heterocycles. The summed E-state index contributed by atoms with van der Waals surface area (Å²) >= 11 is 0. The highest BCUT2D eigenvalue weighted by molar-refractivity contribution is 7.89. The Labute approximate surface area is 189 Å². The molecule has 0 bridgehead atoms. The lowest BCUT2D eigenvalue weighted by Gasteiger charge is -2.34. The summed E-state index contributed by atoms with van der Waals surface area (Å²) in [4.78, 5) is 40.3. The number of sulfonamides is 1. The maximum Gasteiger partial charge on any atom is 0.312 e. The number of ether oxygens (including phenoxy) is 1. The van der Waals surface area contributed by atoms with Gasteiger partial charge in [0.25, 0.3) is 5.91 Å². The molecule has 0 atom stereocenters. The predicted octanol–water partition coefficient (Wildman–Crippen LogP) is 0.535. The Morgan fingerprint density at radius 2 is 1.62 bits per heavy atom. The molecule has 0 aliphatic carbocycles. The van der Waals surface area contributed by atoms with Gasteiger partial charge in [-0.05, 0) is 32.0 Å². The smallest absolute Gasteiger partial charge is 0.312 e. The van der Waals surface area contributed by atoms with Crippen molar-refractivity contribution < 1.29 is 27.5 Å². The first-order valence-electron chi connectivity index (χ1n) is 10.6. The molecule has 1 N–H and O–H groups in total. The highest BCUT2D eigenvalue weighted by Crippen LogP contribution is 2.26. The van der Waals surface area contributed by atoms with Crippen molar-refractivity contribution in [1.82, 2.24) is 19.4 Å². The highest BCUT2D eigenvalue weighted by Gasteiger charge is 2.31. The van der Waals surface area contributed by atoms with Crippen molar-refractivity contribution in [3.63, 3.8) is 0 Å². The third-order valence-corrected chi connectivity index (χ3v) is 7.26. The first-order valence-corrected chi connectivity index (χ1v) is 12.1. The summed E-state index contributed by atoms with van der Waals surface area (Å²) in [6.07, 6.45) is 0. The second-order valence-corrected chi connectivity index (χ2v) is 9.60. The Kier molecular flexibility index (Phi) is 8.62. The molecule has 1 heterocycles. The normalized spacial score (nSPS) is 14.6. The van der Waals surface area contributed by atoms with Crippen LogP contribution in [0.3, 0.4) is 0 Å². The van der Waals surface area contributed by atoms with Gasteiger partial charge in [-0.15, -0.1) is 0 Å². The summed E-state index contributed by atoms with van der Waals surface area (Å²) in [5.41, 5.74) is 0.137. The van der Waals surface area contributed by atoms with E-state index in [0.717, 1.165) is 0 Å². The van der Waals surface area contributed by atoms with Crippen LogP contribution in [0.1, 0.15) is 38.1 Å². The Hall–Kier alpha value is -2.66. The van der Waals surface area contributed by atoms with Gasteiger partial charge >= 0.3 is 11.8 Å². The second kappa shape index (κ2) is 10.8. The minimum atomic E-state index is -3.74. The molecule has 1 fully saturated rings. The predicted molar refractivity (Wildman–Crippen MR) is 119 cm³/mol. The van der Waals surface area contributed by atoms with Crippen molar-refractivity contribution >= 4 is 27.7 Å². The van der Waals surface area contributed by atoms with Gasteiger partial charge in [0.15, 0.2) is 0 Å². The van der Waals surface area contributed by atoms with Crippen molar-refractivity contribution in [2.24, 2.45) is 0 Å². The number of rotatable bonds is 7. The zero-order valence-corrected chi connectivity index (χ0v) is 20.1. The minimum absolute atomic E-state index is 0.0181. The van der Waals surface area contributed by atoms with Crippen LogP contribution >= 0.6 is 0 Å². The molecule has 3 amide bonds. The van der Waals surface area contributed by atoms with E-state index in [1.807, 2.05) is 0 Å². The van der Waals surface area contributed by atoms with Crippen molar-refractivity contribution in [3.8, 4) is 5.75 Å². The third kappa shape index (κ3) is 5.57. The highest BCUT2D eigenvalue weighted by atomic mass is 32.2. The maximum atomic E-state index is 13.2. The van der Waals surface area contributed by atoms with Gasteiger partial charge < -0.3 is 19.9 Å². The lowest BCUT2D eigenvalue weighted by molar-refractivity contribution is -0.147. The molecule has 0 unspecified atom stereocenters. The Morgan fingerprint density at radius 1 is 1.06 bits per heavy atom. The lowest BCUT2D eigenvalue weighted by Crippen LogP contribution is -2.54. The summed E-state index contributed by atoms with van der Waals surface area (Å²) < 4.78 is 32.4. The van der Waals surface area contributed by atoms with Crippen LogP contribution in [0.2, 0.25) is 0 Å². The molecule has 0 radical (unpaired) electrons. The number of carbonyl (C=O) groups is 3. The van der Waals surface area contributed by atoms with Gasteiger partial charge in [0.2, 0.25) is 10.0 Å². The topological polar surface area (TPSA) is 116 Å². The van der Waals surface area contributed by atoms with Crippen molar-refractivity contribution in [2.45, 2.75) is 38.6 Å². The van der Waals surface area contributed by atoms with Crippen LogP contribution in [0.25, 0.3) is 0 Å². The molecule has 1 aromatic carbocycles. The van der Waals surface area contributed by atoms with Crippen LogP contribution in [-0.4, -0.2) is 92.7 Å². The standard InChI is InChI=1S/C21H32N4O6S/c1-6-25(7-2)32(29,30)16-8-9-18(31-5)17(14-16)20(27)23-10-12-24(13-11-23)21(28)19(26)22-15(3)4/h8-9,14-15H,6-7,10-13H2,1-5H3,(H,22,26). The molecular weight excluding hydrogens is 436 g/mol. The third-order valence-electron chi connectivity index (χ3n) is 5.21. The van der Waals surface area contributed by atoms with Crippen LogP contribution in [0.5, 0.6) is 5.75 Å². The molecule has 10 nitrogen and oxygen atoms in total. The number of amides is 3. The van der Waals surface area contributed by atoms with E-state index in [9.17, 15) is 22.8 Å². The number of piperazine rings is 1. The zero-order valence-electron chi connectivity index (χ0n) is 19.3. The van der Waals surface area contributed by atoms with Gasteiger partial charge in [-0.2, -0.15) is 4.31 Å². The van der Waals surface area contributed by atoms with E-state index in [4.69, 9.17) is 4.74 Å².